The normalized spacial score (nSPS) is 11.1. The molecule has 0 bridgehead atoms. The van der Waals surface area contributed by atoms with Gasteiger partial charge in [-0.05, 0) is 25.1 Å². The molecule has 0 spiro atoms. The van der Waals surface area contributed by atoms with Gasteiger partial charge in [0.2, 0.25) is 0 Å². The minimum Gasteiger partial charge on any atom is -0.298 e. The van der Waals surface area contributed by atoms with Gasteiger partial charge in [0, 0.05) is 29.0 Å². The molecule has 0 aliphatic heterocycles. The van der Waals surface area contributed by atoms with Gasteiger partial charge in [0.25, 0.3) is 0 Å². The summed E-state index contributed by atoms with van der Waals surface area (Å²) in [5.74, 6) is -0.219. The zero-order valence-electron chi connectivity index (χ0n) is 9.35. The molecule has 0 aliphatic carbocycles. The fourth-order valence-corrected chi connectivity index (χ4v) is 2.34. The molecule has 1 aromatic rings. The van der Waals surface area contributed by atoms with Crippen LogP contribution in [0.25, 0.3) is 0 Å². The number of rotatable bonds is 6. The zero-order valence-corrected chi connectivity index (χ0v) is 11.7. The van der Waals surface area contributed by atoms with Gasteiger partial charge >= 0.3 is 0 Å². The number of hydrogen-bond acceptors (Lipinski definition) is 1. The molecule has 0 radical (unpaired) electrons. The first-order valence-corrected chi connectivity index (χ1v) is 6.90. The van der Waals surface area contributed by atoms with E-state index >= 15 is 0 Å². The zero-order chi connectivity index (χ0) is 12.0. The molecule has 0 fully saturated rings. The van der Waals surface area contributed by atoms with Crippen molar-refractivity contribution in [2.75, 3.05) is 18.4 Å². The van der Waals surface area contributed by atoms with E-state index in [9.17, 15) is 4.39 Å². The first-order chi connectivity index (χ1) is 7.69. The van der Waals surface area contributed by atoms with Gasteiger partial charge in [-0.2, -0.15) is 0 Å². The topological polar surface area (TPSA) is 3.24 Å². The predicted octanol–water partition coefficient (Wildman–Crippen LogP) is 4.09. The van der Waals surface area contributed by atoms with Gasteiger partial charge < -0.3 is 0 Å². The van der Waals surface area contributed by atoms with Crippen LogP contribution < -0.4 is 0 Å². The van der Waals surface area contributed by atoms with Crippen molar-refractivity contribution < 1.29 is 4.39 Å². The number of nitrogens with zero attached hydrogens (tertiary/aromatic N) is 1. The summed E-state index contributed by atoms with van der Waals surface area (Å²) < 4.78 is 13.6. The number of hydrogen-bond donors (Lipinski definition) is 0. The highest BCUT2D eigenvalue weighted by Gasteiger charge is 2.11. The van der Waals surface area contributed by atoms with Crippen molar-refractivity contribution in [2.45, 2.75) is 19.9 Å². The molecule has 1 aromatic carbocycles. The van der Waals surface area contributed by atoms with Crippen molar-refractivity contribution in [3.05, 3.63) is 34.6 Å². The summed E-state index contributed by atoms with van der Waals surface area (Å²) in [6.07, 6.45) is 1.05. The molecule has 0 aliphatic rings. The lowest BCUT2D eigenvalue weighted by molar-refractivity contribution is 0.279. The van der Waals surface area contributed by atoms with Gasteiger partial charge in [-0.25, -0.2) is 4.39 Å². The molecule has 4 heteroatoms. The van der Waals surface area contributed by atoms with E-state index in [0.29, 0.717) is 17.1 Å². The Labute approximate surface area is 110 Å². The Balaban J connectivity index is 2.76. The largest absolute Gasteiger partial charge is 0.298 e. The molecule has 0 amide bonds. The summed E-state index contributed by atoms with van der Waals surface area (Å²) in [7, 11) is 0. The second kappa shape index (κ2) is 7.25. The van der Waals surface area contributed by atoms with E-state index in [1.54, 1.807) is 12.1 Å². The Kier molecular flexibility index (Phi) is 6.32. The van der Waals surface area contributed by atoms with E-state index < -0.39 is 0 Å². The van der Waals surface area contributed by atoms with Crippen molar-refractivity contribution in [3.8, 4) is 0 Å². The first kappa shape index (κ1) is 13.9. The molecule has 0 unspecified atom stereocenters. The molecule has 90 valence electrons. The van der Waals surface area contributed by atoms with Crippen LogP contribution in [0, 0.1) is 5.82 Å². The van der Waals surface area contributed by atoms with E-state index in [4.69, 9.17) is 11.6 Å². The molecule has 16 heavy (non-hydrogen) atoms. The Bertz CT molecular complexity index is 307. The maximum atomic E-state index is 13.6. The highest BCUT2D eigenvalue weighted by Crippen LogP contribution is 2.20. The molecule has 0 N–H and O–H groups in total. The van der Waals surface area contributed by atoms with Crippen molar-refractivity contribution in [1.82, 2.24) is 4.90 Å². The van der Waals surface area contributed by atoms with Crippen LogP contribution in [0.1, 0.15) is 18.9 Å². The van der Waals surface area contributed by atoms with Crippen LogP contribution in [0.2, 0.25) is 5.02 Å². The summed E-state index contributed by atoms with van der Waals surface area (Å²) in [6.45, 7) is 4.55. The van der Waals surface area contributed by atoms with Gasteiger partial charge in [0.1, 0.15) is 5.82 Å². The number of benzene rings is 1. The van der Waals surface area contributed by atoms with E-state index in [2.05, 4.69) is 27.8 Å². The van der Waals surface area contributed by atoms with E-state index in [0.717, 1.165) is 24.8 Å². The summed E-state index contributed by atoms with van der Waals surface area (Å²) >= 11 is 9.40. The van der Waals surface area contributed by atoms with Crippen LogP contribution in [0.5, 0.6) is 0 Å². The average Bonchev–Trinajstić information content (AvgIpc) is 2.24. The van der Waals surface area contributed by atoms with E-state index in [1.165, 1.54) is 6.07 Å². The van der Waals surface area contributed by atoms with Crippen LogP contribution in [-0.4, -0.2) is 23.3 Å². The standard InChI is InChI=1S/C12H16BrClFN/c1-2-7-16(8-6-13)9-10-11(14)4-3-5-12(10)15/h3-5H,2,6-9H2,1H3. The molecule has 1 nitrogen and oxygen atoms in total. The third-order valence-corrected chi connectivity index (χ3v) is 3.09. The Morgan fingerprint density at radius 2 is 2.12 bits per heavy atom. The lowest BCUT2D eigenvalue weighted by Gasteiger charge is -2.21. The van der Waals surface area contributed by atoms with Gasteiger partial charge in [-0.3, -0.25) is 4.90 Å². The van der Waals surface area contributed by atoms with Gasteiger partial charge in [-0.15, -0.1) is 0 Å². The van der Waals surface area contributed by atoms with Crippen LogP contribution in [-0.2, 0) is 6.54 Å². The molecule has 0 saturated heterocycles. The van der Waals surface area contributed by atoms with Crippen LogP contribution in [0.4, 0.5) is 4.39 Å². The van der Waals surface area contributed by atoms with E-state index in [-0.39, 0.29) is 5.82 Å². The number of halogens is 3. The fraction of sp³-hybridized carbons (Fsp3) is 0.500. The van der Waals surface area contributed by atoms with Crippen LogP contribution in [0.3, 0.4) is 0 Å². The minimum absolute atomic E-state index is 0.219. The molecule has 1 rings (SSSR count). The van der Waals surface area contributed by atoms with Crippen molar-refractivity contribution in [3.63, 3.8) is 0 Å². The maximum absolute atomic E-state index is 13.6. The van der Waals surface area contributed by atoms with Crippen molar-refractivity contribution in [1.29, 1.82) is 0 Å². The third-order valence-electron chi connectivity index (χ3n) is 2.38. The van der Waals surface area contributed by atoms with Crippen molar-refractivity contribution >= 4 is 27.5 Å². The number of alkyl halides is 1. The molecular formula is C12H16BrClFN. The Hall–Kier alpha value is -0.120. The highest BCUT2D eigenvalue weighted by molar-refractivity contribution is 9.09. The lowest BCUT2D eigenvalue weighted by Crippen LogP contribution is -2.26. The van der Waals surface area contributed by atoms with E-state index in [1.807, 2.05) is 0 Å². The van der Waals surface area contributed by atoms with Gasteiger partial charge in [0.15, 0.2) is 0 Å². The molecule has 0 atom stereocenters. The Morgan fingerprint density at radius 3 is 2.69 bits per heavy atom. The molecular weight excluding hydrogens is 292 g/mol. The van der Waals surface area contributed by atoms with Gasteiger partial charge in [0.05, 0.1) is 0 Å². The predicted molar refractivity (Wildman–Crippen MR) is 70.8 cm³/mol. The quantitative estimate of drug-likeness (QED) is 0.716. The lowest BCUT2D eigenvalue weighted by atomic mass is 10.2. The second-order valence-corrected chi connectivity index (χ2v) is 4.87. The highest BCUT2D eigenvalue weighted by atomic mass is 79.9. The summed E-state index contributed by atoms with van der Waals surface area (Å²) in [5, 5.41) is 1.40. The molecule has 0 aromatic heterocycles. The first-order valence-electron chi connectivity index (χ1n) is 5.40. The summed E-state index contributed by atoms with van der Waals surface area (Å²) in [5.41, 5.74) is 0.596. The minimum atomic E-state index is -0.219. The smallest absolute Gasteiger partial charge is 0.129 e. The Morgan fingerprint density at radius 1 is 1.38 bits per heavy atom. The van der Waals surface area contributed by atoms with Crippen LogP contribution in [0.15, 0.2) is 18.2 Å². The SMILES string of the molecule is CCCN(CCBr)Cc1c(F)cccc1Cl. The fourth-order valence-electron chi connectivity index (χ4n) is 1.61. The summed E-state index contributed by atoms with van der Waals surface area (Å²) in [6, 6.07) is 4.83. The monoisotopic (exact) mass is 307 g/mol. The molecule has 0 heterocycles. The third kappa shape index (κ3) is 4.04. The maximum Gasteiger partial charge on any atom is 0.129 e. The second-order valence-electron chi connectivity index (χ2n) is 3.67. The molecule has 0 saturated carbocycles. The van der Waals surface area contributed by atoms with Crippen molar-refractivity contribution in [2.24, 2.45) is 0 Å². The summed E-state index contributed by atoms with van der Waals surface area (Å²) in [4.78, 5) is 2.19. The average molecular weight is 309 g/mol. The van der Waals surface area contributed by atoms with Crippen LogP contribution >= 0.6 is 27.5 Å². The van der Waals surface area contributed by atoms with Gasteiger partial charge in [-0.1, -0.05) is 40.5 Å².